The highest BCUT2D eigenvalue weighted by atomic mass is 127. The molecule has 0 atom stereocenters. The summed E-state index contributed by atoms with van der Waals surface area (Å²) in [4.78, 5) is 6.78. The summed E-state index contributed by atoms with van der Waals surface area (Å²) in [6.45, 7) is 8.25. The van der Waals surface area contributed by atoms with Crippen molar-refractivity contribution >= 4 is 29.9 Å². The highest BCUT2D eigenvalue weighted by molar-refractivity contribution is 14.0. The van der Waals surface area contributed by atoms with Gasteiger partial charge in [-0.05, 0) is 38.4 Å². The zero-order valence-electron chi connectivity index (χ0n) is 13.7. The standard InChI is InChI=1S/C15H28N6.HI/c1-14-12-19-21(13-14)11-7-18-15(16-2)17-6-10-20-8-4-3-5-9-20;/h12-13H,3-11H2,1-2H3,(H2,16,17,18);1H. The Hall–Kier alpha value is -0.830. The van der Waals surface area contributed by atoms with E-state index in [0.29, 0.717) is 0 Å². The minimum atomic E-state index is 0. The molecule has 2 heterocycles. The van der Waals surface area contributed by atoms with Crippen LogP contribution in [0.1, 0.15) is 24.8 Å². The molecule has 1 aliphatic heterocycles. The summed E-state index contributed by atoms with van der Waals surface area (Å²) < 4.78 is 1.95. The zero-order valence-corrected chi connectivity index (χ0v) is 16.0. The Labute approximate surface area is 150 Å². The Morgan fingerprint density at radius 3 is 2.45 bits per heavy atom. The second-order valence-corrected chi connectivity index (χ2v) is 5.61. The Balaban J connectivity index is 0.00000242. The van der Waals surface area contributed by atoms with Crippen LogP contribution in [-0.4, -0.2) is 60.4 Å². The van der Waals surface area contributed by atoms with E-state index in [4.69, 9.17) is 0 Å². The second-order valence-electron chi connectivity index (χ2n) is 5.61. The lowest BCUT2D eigenvalue weighted by atomic mass is 10.1. The van der Waals surface area contributed by atoms with Gasteiger partial charge in [0.05, 0.1) is 12.7 Å². The van der Waals surface area contributed by atoms with Gasteiger partial charge >= 0.3 is 0 Å². The molecule has 0 unspecified atom stereocenters. The van der Waals surface area contributed by atoms with Crippen molar-refractivity contribution in [3.05, 3.63) is 18.0 Å². The van der Waals surface area contributed by atoms with E-state index in [9.17, 15) is 0 Å². The first kappa shape index (κ1) is 19.2. The van der Waals surface area contributed by atoms with E-state index in [1.807, 2.05) is 24.1 Å². The topological polar surface area (TPSA) is 57.5 Å². The molecule has 0 spiro atoms. The number of guanidine groups is 1. The van der Waals surface area contributed by atoms with Gasteiger partial charge in [0.25, 0.3) is 0 Å². The summed E-state index contributed by atoms with van der Waals surface area (Å²) in [6, 6.07) is 0. The lowest BCUT2D eigenvalue weighted by Crippen LogP contribution is -2.43. The molecule has 1 aromatic heterocycles. The molecule has 0 radical (unpaired) electrons. The van der Waals surface area contributed by atoms with Crippen molar-refractivity contribution in [1.29, 1.82) is 0 Å². The Kier molecular flexibility index (Phi) is 9.45. The van der Waals surface area contributed by atoms with Gasteiger partial charge < -0.3 is 15.5 Å². The largest absolute Gasteiger partial charge is 0.355 e. The van der Waals surface area contributed by atoms with E-state index >= 15 is 0 Å². The van der Waals surface area contributed by atoms with Crippen LogP contribution in [0.3, 0.4) is 0 Å². The molecule has 0 aromatic carbocycles. The number of nitrogens with one attached hydrogen (secondary N) is 2. The monoisotopic (exact) mass is 420 g/mol. The number of aliphatic imine (C=N–C) groups is 1. The molecule has 1 aromatic rings. The predicted molar refractivity (Wildman–Crippen MR) is 102 cm³/mol. The fourth-order valence-corrected chi connectivity index (χ4v) is 2.61. The number of aryl methyl sites for hydroxylation is 1. The maximum absolute atomic E-state index is 4.27. The number of rotatable bonds is 6. The maximum atomic E-state index is 4.27. The first-order valence-electron chi connectivity index (χ1n) is 7.94. The van der Waals surface area contributed by atoms with Crippen molar-refractivity contribution in [3.8, 4) is 0 Å². The molecular formula is C15H29IN6. The molecule has 0 aliphatic carbocycles. The fraction of sp³-hybridized carbons (Fsp3) is 0.733. The number of likely N-dealkylation sites (tertiary alicyclic amines) is 1. The zero-order chi connectivity index (χ0) is 14.9. The number of hydrogen-bond acceptors (Lipinski definition) is 3. The van der Waals surface area contributed by atoms with Crippen LogP contribution in [0.5, 0.6) is 0 Å². The third-order valence-electron chi connectivity index (χ3n) is 3.79. The van der Waals surface area contributed by atoms with Crippen LogP contribution < -0.4 is 10.6 Å². The van der Waals surface area contributed by atoms with Crippen molar-refractivity contribution in [2.45, 2.75) is 32.7 Å². The third-order valence-corrected chi connectivity index (χ3v) is 3.79. The molecule has 1 saturated heterocycles. The highest BCUT2D eigenvalue weighted by Gasteiger charge is 2.09. The van der Waals surface area contributed by atoms with Gasteiger partial charge in [-0.3, -0.25) is 9.67 Å². The van der Waals surface area contributed by atoms with E-state index in [1.165, 1.54) is 37.9 Å². The van der Waals surface area contributed by atoms with Crippen molar-refractivity contribution < 1.29 is 0 Å². The summed E-state index contributed by atoms with van der Waals surface area (Å²) in [5.74, 6) is 0.871. The van der Waals surface area contributed by atoms with Crippen LogP contribution >= 0.6 is 24.0 Å². The van der Waals surface area contributed by atoms with Crippen LogP contribution in [0.25, 0.3) is 0 Å². The van der Waals surface area contributed by atoms with Crippen LogP contribution in [0.15, 0.2) is 17.4 Å². The third kappa shape index (κ3) is 6.95. The van der Waals surface area contributed by atoms with E-state index < -0.39 is 0 Å². The molecular weight excluding hydrogens is 391 g/mol. The minimum absolute atomic E-state index is 0. The summed E-state index contributed by atoms with van der Waals surface area (Å²) in [5.41, 5.74) is 1.19. The van der Waals surface area contributed by atoms with Crippen LogP contribution in [-0.2, 0) is 6.54 Å². The SMILES string of the molecule is CN=C(NCCN1CCCCC1)NCCn1cc(C)cn1.I. The number of aromatic nitrogens is 2. The molecule has 1 fully saturated rings. The smallest absolute Gasteiger partial charge is 0.191 e. The van der Waals surface area contributed by atoms with Crippen molar-refractivity contribution in [1.82, 2.24) is 25.3 Å². The average molecular weight is 420 g/mol. The predicted octanol–water partition coefficient (Wildman–Crippen LogP) is 1.46. The lowest BCUT2D eigenvalue weighted by molar-refractivity contribution is 0.232. The van der Waals surface area contributed by atoms with Gasteiger partial charge in [0.15, 0.2) is 5.96 Å². The molecule has 22 heavy (non-hydrogen) atoms. The van der Waals surface area contributed by atoms with Gasteiger partial charge in [-0.1, -0.05) is 6.42 Å². The van der Waals surface area contributed by atoms with Crippen LogP contribution in [0.4, 0.5) is 0 Å². The number of piperidine rings is 1. The quantitative estimate of drug-likeness (QED) is 0.416. The molecule has 0 bridgehead atoms. The minimum Gasteiger partial charge on any atom is -0.355 e. The molecule has 6 nitrogen and oxygen atoms in total. The molecule has 126 valence electrons. The molecule has 1 aliphatic rings. The number of hydrogen-bond donors (Lipinski definition) is 2. The van der Waals surface area contributed by atoms with Gasteiger partial charge in [-0.25, -0.2) is 0 Å². The van der Waals surface area contributed by atoms with Crippen molar-refractivity contribution in [3.63, 3.8) is 0 Å². The molecule has 2 rings (SSSR count). The van der Waals surface area contributed by atoms with Crippen molar-refractivity contribution in [2.75, 3.05) is 39.8 Å². The lowest BCUT2D eigenvalue weighted by Gasteiger charge is -2.26. The van der Waals surface area contributed by atoms with Gasteiger partial charge in [0, 0.05) is 32.9 Å². The summed E-state index contributed by atoms with van der Waals surface area (Å²) in [6.07, 6.45) is 8.01. The van der Waals surface area contributed by atoms with Gasteiger partial charge in [-0.15, -0.1) is 24.0 Å². The fourth-order valence-electron chi connectivity index (χ4n) is 2.61. The first-order valence-corrected chi connectivity index (χ1v) is 7.94. The Bertz CT molecular complexity index is 439. The summed E-state index contributed by atoms with van der Waals surface area (Å²) >= 11 is 0. The van der Waals surface area contributed by atoms with Crippen molar-refractivity contribution in [2.24, 2.45) is 4.99 Å². The highest BCUT2D eigenvalue weighted by Crippen LogP contribution is 2.07. The summed E-state index contributed by atoms with van der Waals surface area (Å²) in [7, 11) is 1.81. The first-order chi connectivity index (χ1) is 10.3. The van der Waals surface area contributed by atoms with Gasteiger partial charge in [0.2, 0.25) is 0 Å². The maximum Gasteiger partial charge on any atom is 0.191 e. The van der Waals surface area contributed by atoms with E-state index in [1.54, 1.807) is 0 Å². The van der Waals surface area contributed by atoms with E-state index in [-0.39, 0.29) is 24.0 Å². The van der Waals surface area contributed by atoms with Gasteiger partial charge in [-0.2, -0.15) is 5.10 Å². The molecule has 0 amide bonds. The van der Waals surface area contributed by atoms with Crippen LogP contribution in [0.2, 0.25) is 0 Å². The number of halogens is 1. The van der Waals surface area contributed by atoms with Gasteiger partial charge in [0.1, 0.15) is 0 Å². The Morgan fingerprint density at radius 2 is 1.86 bits per heavy atom. The molecule has 7 heteroatoms. The average Bonchev–Trinajstić information content (AvgIpc) is 2.92. The summed E-state index contributed by atoms with van der Waals surface area (Å²) in [5, 5.41) is 11.0. The molecule has 0 saturated carbocycles. The molecule has 2 N–H and O–H groups in total. The number of nitrogens with zero attached hydrogens (tertiary/aromatic N) is 4. The Morgan fingerprint density at radius 1 is 1.18 bits per heavy atom. The van der Waals surface area contributed by atoms with Crippen LogP contribution in [0, 0.1) is 6.92 Å². The second kappa shape index (κ2) is 10.8. The normalized spacial score (nSPS) is 16.2. The van der Waals surface area contributed by atoms with E-state index in [0.717, 1.165) is 32.1 Å². The van der Waals surface area contributed by atoms with E-state index in [2.05, 4.69) is 32.5 Å².